The summed E-state index contributed by atoms with van der Waals surface area (Å²) in [5, 5.41) is 0. The van der Waals surface area contributed by atoms with Gasteiger partial charge in [-0.2, -0.15) is 0 Å². The zero-order valence-corrected chi connectivity index (χ0v) is 13.0. The first-order valence-corrected chi connectivity index (χ1v) is 6.32. The van der Waals surface area contributed by atoms with Crippen LogP contribution in [-0.2, 0) is 9.47 Å². The van der Waals surface area contributed by atoms with Crippen molar-refractivity contribution in [2.75, 3.05) is 26.3 Å². The molecule has 0 spiro atoms. The molecule has 2 aliphatic rings. The predicted molar refractivity (Wildman–Crippen MR) is 79.6 cm³/mol. The topological polar surface area (TPSA) is 70.5 Å². The summed E-state index contributed by atoms with van der Waals surface area (Å²) in [7, 11) is 0. The SMILES string of the molecule is C[C@@H]1OCC[C@@H]1CN.C[C@H]1OCC[C@H]1CN.Cl.Cl. The van der Waals surface area contributed by atoms with E-state index in [1.807, 2.05) is 0 Å². The Morgan fingerprint density at radius 3 is 1.28 bits per heavy atom. The molecule has 0 aromatic carbocycles. The Labute approximate surface area is 123 Å². The van der Waals surface area contributed by atoms with Crippen molar-refractivity contribution in [3.8, 4) is 0 Å². The summed E-state index contributed by atoms with van der Waals surface area (Å²) in [6.07, 6.45) is 3.11. The molecule has 4 nitrogen and oxygen atoms in total. The van der Waals surface area contributed by atoms with Crippen molar-refractivity contribution in [1.29, 1.82) is 0 Å². The third-order valence-corrected chi connectivity index (χ3v) is 3.67. The Hall–Kier alpha value is 0.420. The van der Waals surface area contributed by atoms with Gasteiger partial charge in [0.15, 0.2) is 0 Å². The molecule has 2 saturated heterocycles. The Bertz CT molecular complexity index is 179. The second kappa shape index (κ2) is 11.3. The van der Waals surface area contributed by atoms with Gasteiger partial charge in [0, 0.05) is 13.2 Å². The maximum atomic E-state index is 5.44. The van der Waals surface area contributed by atoms with Crippen molar-refractivity contribution in [1.82, 2.24) is 0 Å². The molecule has 2 aliphatic heterocycles. The molecule has 0 aromatic heterocycles. The van der Waals surface area contributed by atoms with Gasteiger partial charge in [-0.05, 0) is 51.6 Å². The molecule has 0 bridgehead atoms. The monoisotopic (exact) mass is 302 g/mol. The molecule has 0 aliphatic carbocycles. The molecule has 4 atom stereocenters. The minimum Gasteiger partial charge on any atom is -0.378 e. The normalized spacial score (nSPS) is 34.0. The molecule has 0 aromatic rings. The lowest BCUT2D eigenvalue weighted by Gasteiger charge is -2.08. The van der Waals surface area contributed by atoms with Crippen molar-refractivity contribution in [2.45, 2.75) is 38.9 Å². The van der Waals surface area contributed by atoms with Gasteiger partial charge < -0.3 is 20.9 Å². The maximum absolute atomic E-state index is 5.44. The average Bonchev–Trinajstić information content (AvgIpc) is 2.87. The molecular formula is C12H28Cl2N2O2. The van der Waals surface area contributed by atoms with Gasteiger partial charge in [0.1, 0.15) is 0 Å². The number of ether oxygens (including phenoxy) is 2. The van der Waals surface area contributed by atoms with Crippen molar-refractivity contribution in [2.24, 2.45) is 23.3 Å². The van der Waals surface area contributed by atoms with Crippen LogP contribution in [0.2, 0.25) is 0 Å². The van der Waals surface area contributed by atoms with Gasteiger partial charge in [-0.25, -0.2) is 0 Å². The average molecular weight is 303 g/mol. The van der Waals surface area contributed by atoms with Crippen molar-refractivity contribution < 1.29 is 9.47 Å². The summed E-state index contributed by atoms with van der Waals surface area (Å²) in [4.78, 5) is 0. The van der Waals surface area contributed by atoms with Crippen LogP contribution in [0.25, 0.3) is 0 Å². The highest BCUT2D eigenvalue weighted by Gasteiger charge is 2.22. The van der Waals surface area contributed by atoms with Crippen LogP contribution in [0.3, 0.4) is 0 Å². The van der Waals surface area contributed by atoms with E-state index in [0.29, 0.717) is 24.0 Å². The van der Waals surface area contributed by atoms with Crippen molar-refractivity contribution in [3.05, 3.63) is 0 Å². The predicted octanol–water partition coefficient (Wildman–Crippen LogP) is 1.58. The highest BCUT2D eigenvalue weighted by molar-refractivity contribution is 5.85. The van der Waals surface area contributed by atoms with Crippen LogP contribution >= 0.6 is 24.8 Å². The van der Waals surface area contributed by atoms with Gasteiger partial charge in [-0.3, -0.25) is 0 Å². The zero-order valence-electron chi connectivity index (χ0n) is 11.3. The maximum Gasteiger partial charge on any atom is 0.0588 e. The highest BCUT2D eigenvalue weighted by atomic mass is 35.5. The number of rotatable bonds is 2. The van der Waals surface area contributed by atoms with E-state index < -0.39 is 0 Å². The van der Waals surface area contributed by atoms with E-state index in [-0.39, 0.29) is 24.8 Å². The summed E-state index contributed by atoms with van der Waals surface area (Å²) in [5.41, 5.74) is 10.9. The molecule has 2 fully saturated rings. The second-order valence-electron chi connectivity index (χ2n) is 4.72. The fraction of sp³-hybridized carbons (Fsp3) is 1.00. The van der Waals surface area contributed by atoms with Gasteiger partial charge in [-0.1, -0.05) is 0 Å². The van der Waals surface area contributed by atoms with E-state index in [9.17, 15) is 0 Å². The number of nitrogens with two attached hydrogens (primary N) is 2. The van der Waals surface area contributed by atoms with Crippen LogP contribution in [0, 0.1) is 11.8 Å². The number of hydrogen-bond acceptors (Lipinski definition) is 4. The van der Waals surface area contributed by atoms with Gasteiger partial charge >= 0.3 is 0 Å². The first kappa shape index (κ1) is 20.7. The van der Waals surface area contributed by atoms with Crippen LogP contribution in [0.5, 0.6) is 0 Å². The highest BCUT2D eigenvalue weighted by Crippen LogP contribution is 2.18. The number of hydrogen-bond donors (Lipinski definition) is 2. The van der Waals surface area contributed by atoms with Crippen molar-refractivity contribution >= 4 is 24.8 Å². The summed E-state index contributed by atoms with van der Waals surface area (Å²) < 4.78 is 10.6. The first-order chi connectivity index (χ1) is 7.69. The smallest absolute Gasteiger partial charge is 0.0588 e. The lowest BCUT2D eigenvalue weighted by molar-refractivity contribution is 0.107. The van der Waals surface area contributed by atoms with E-state index >= 15 is 0 Å². The molecule has 6 heteroatoms. The van der Waals surface area contributed by atoms with E-state index in [1.54, 1.807) is 0 Å². The minimum absolute atomic E-state index is 0. The minimum atomic E-state index is 0. The molecule has 2 rings (SSSR count). The second-order valence-corrected chi connectivity index (χ2v) is 4.72. The first-order valence-electron chi connectivity index (χ1n) is 6.32. The Morgan fingerprint density at radius 1 is 0.833 bits per heavy atom. The zero-order chi connectivity index (χ0) is 12.0. The Balaban J connectivity index is 0. The molecule has 4 N–H and O–H groups in total. The van der Waals surface area contributed by atoms with Crippen molar-refractivity contribution in [3.63, 3.8) is 0 Å². The summed E-state index contributed by atoms with van der Waals surface area (Å²) >= 11 is 0. The van der Waals surface area contributed by atoms with Crippen LogP contribution in [0.15, 0.2) is 0 Å². The Kier molecular flexibility index (Phi) is 13.0. The molecule has 0 saturated carbocycles. The van der Waals surface area contributed by atoms with Gasteiger partial charge in [0.25, 0.3) is 0 Å². The van der Waals surface area contributed by atoms with Crippen LogP contribution in [0.4, 0.5) is 0 Å². The quantitative estimate of drug-likeness (QED) is 0.812. The van der Waals surface area contributed by atoms with Gasteiger partial charge in [-0.15, -0.1) is 24.8 Å². The molecule has 112 valence electrons. The fourth-order valence-corrected chi connectivity index (χ4v) is 2.17. The molecule has 2 heterocycles. The number of halogens is 2. The third-order valence-electron chi connectivity index (χ3n) is 3.67. The van der Waals surface area contributed by atoms with Crippen LogP contribution in [-0.4, -0.2) is 38.5 Å². The lowest BCUT2D eigenvalue weighted by atomic mass is 10.0. The molecule has 0 radical (unpaired) electrons. The van der Waals surface area contributed by atoms with Crippen LogP contribution in [0.1, 0.15) is 26.7 Å². The lowest BCUT2D eigenvalue weighted by Crippen LogP contribution is -2.20. The van der Waals surface area contributed by atoms with Gasteiger partial charge in [0.05, 0.1) is 12.2 Å². The van der Waals surface area contributed by atoms with E-state index in [1.165, 1.54) is 0 Å². The van der Waals surface area contributed by atoms with E-state index in [4.69, 9.17) is 20.9 Å². The van der Waals surface area contributed by atoms with E-state index in [2.05, 4.69) is 13.8 Å². The summed E-state index contributed by atoms with van der Waals surface area (Å²) in [6, 6.07) is 0. The van der Waals surface area contributed by atoms with E-state index in [0.717, 1.165) is 39.1 Å². The Morgan fingerprint density at radius 2 is 1.17 bits per heavy atom. The molecule has 0 unspecified atom stereocenters. The molecule has 18 heavy (non-hydrogen) atoms. The van der Waals surface area contributed by atoms with Crippen LogP contribution < -0.4 is 11.5 Å². The standard InChI is InChI=1S/2C6H13NO.2ClH/c2*1-5-6(4-7)2-3-8-5;;/h2*5-6H,2-4,7H2,1H3;2*1H/t2*5-,6+;;/m10../s1. The fourth-order valence-electron chi connectivity index (χ4n) is 2.17. The van der Waals surface area contributed by atoms with Gasteiger partial charge in [0.2, 0.25) is 0 Å². The third kappa shape index (κ3) is 6.55. The summed E-state index contributed by atoms with van der Waals surface area (Å²) in [5.74, 6) is 1.24. The largest absolute Gasteiger partial charge is 0.378 e. The molecule has 0 amide bonds. The summed E-state index contributed by atoms with van der Waals surface area (Å²) in [6.45, 7) is 7.55. The molecular weight excluding hydrogens is 275 g/mol.